The zero-order valence-corrected chi connectivity index (χ0v) is 9.65. The molecule has 0 saturated heterocycles. The lowest BCUT2D eigenvalue weighted by Gasteiger charge is -2.22. The predicted octanol–water partition coefficient (Wildman–Crippen LogP) is 2.47. The van der Waals surface area contributed by atoms with Gasteiger partial charge in [0.15, 0.2) is 0 Å². The van der Waals surface area contributed by atoms with E-state index in [1.807, 2.05) is 0 Å². The first kappa shape index (κ1) is 12.8. The van der Waals surface area contributed by atoms with Gasteiger partial charge in [0, 0.05) is 6.04 Å². The second-order valence-corrected chi connectivity index (χ2v) is 4.56. The molecule has 1 aromatic rings. The van der Waals surface area contributed by atoms with Gasteiger partial charge >= 0.3 is 6.18 Å². The molecule has 4 radical (unpaired) electrons. The summed E-state index contributed by atoms with van der Waals surface area (Å²) in [5.41, 5.74) is -0.0565. The van der Waals surface area contributed by atoms with E-state index in [9.17, 15) is 13.2 Å². The van der Waals surface area contributed by atoms with Gasteiger partial charge < -0.3 is 5.32 Å². The van der Waals surface area contributed by atoms with Gasteiger partial charge in [-0.3, -0.25) is 0 Å². The quantitative estimate of drug-likeness (QED) is 0.702. The molecule has 1 aliphatic rings. The summed E-state index contributed by atoms with van der Waals surface area (Å²) in [5.74, 6) is 0. The van der Waals surface area contributed by atoms with Gasteiger partial charge in [0.2, 0.25) is 0 Å². The minimum absolute atomic E-state index is 0.349. The van der Waals surface area contributed by atoms with Crippen LogP contribution in [0.3, 0.4) is 0 Å². The predicted molar refractivity (Wildman–Crippen MR) is 61.2 cm³/mol. The van der Waals surface area contributed by atoms with E-state index in [-0.39, 0.29) is 6.04 Å². The minimum atomic E-state index is -4.49. The van der Waals surface area contributed by atoms with Gasteiger partial charge in [0.25, 0.3) is 0 Å². The molecular weight excluding hydrogens is 248 g/mol. The second kappa shape index (κ2) is 3.69. The van der Waals surface area contributed by atoms with Crippen LogP contribution in [0.15, 0.2) is 12.1 Å². The largest absolute Gasteiger partial charge is 0.417 e. The Kier molecular flexibility index (Phi) is 2.79. The first-order valence-electron chi connectivity index (χ1n) is 4.89. The van der Waals surface area contributed by atoms with Crippen molar-refractivity contribution < 1.29 is 13.2 Å². The zero-order chi connectivity index (χ0) is 13.0. The van der Waals surface area contributed by atoms with Crippen molar-refractivity contribution in [2.45, 2.75) is 24.5 Å². The third-order valence-corrected chi connectivity index (χ3v) is 3.12. The minimum Gasteiger partial charge on any atom is -0.317 e. The Morgan fingerprint density at radius 2 is 1.94 bits per heavy atom. The van der Waals surface area contributed by atoms with Gasteiger partial charge in [-0.2, -0.15) is 13.2 Å². The molecule has 0 spiro atoms. The molecule has 0 aromatic heterocycles. The fraction of sp³-hybridized carbons (Fsp3) is 0.400. The first-order chi connectivity index (χ1) is 7.63. The highest BCUT2D eigenvalue weighted by Crippen LogP contribution is 2.42. The Morgan fingerprint density at radius 1 is 1.35 bits per heavy atom. The van der Waals surface area contributed by atoms with Crippen LogP contribution >= 0.6 is 11.6 Å². The molecule has 1 N–H and O–H groups in total. The number of alkyl halides is 3. The SMILES string of the molecule is [B]C1([B])NC(C)c2cc(C(F)(F)F)c(Cl)cc21. The summed E-state index contributed by atoms with van der Waals surface area (Å²) in [6, 6.07) is 1.82. The van der Waals surface area contributed by atoms with Gasteiger partial charge in [0.1, 0.15) is 0 Å². The smallest absolute Gasteiger partial charge is 0.317 e. The maximum Gasteiger partial charge on any atom is 0.417 e. The van der Waals surface area contributed by atoms with E-state index in [1.54, 1.807) is 6.92 Å². The van der Waals surface area contributed by atoms with Crippen molar-refractivity contribution in [3.8, 4) is 0 Å². The maximum atomic E-state index is 12.7. The van der Waals surface area contributed by atoms with Gasteiger partial charge in [0.05, 0.1) is 26.3 Å². The second-order valence-electron chi connectivity index (χ2n) is 4.15. The highest BCUT2D eigenvalue weighted by Gasteiger charge is 2.39. The number of halogens is 4. The number of hydrogen-bond donors (Lipinski definition) is 1. The van der Waals surface area contributed by atoms with Crippen LogP contribution in [0.4, 0.5) is 13.2 Å². The molecule has 1 aromatic carbocycles. The summed E-state index contributed by atoms with van der Waals surface area (Å²) in [4.78, 5) is 0. The fourth-order valence-electron chi connectivity index (χ4n) is 2.04. The number of benzene rings is 1. The lowest BCUT2D eigenvalue weighted by molar-refractivity contribution is -0.137. The lowest BCUT2D eigenvalue weighted by atomic mass is 9.59. The van der Waals surface area contributed by atoms with Crippen LogP contribution in [-0.4, -0.2) is 15.7 Å². The number of fused-ring (bicyclic) bond motifs is 1. The lowest BCUT2D eigenvalue weighted by Crippen LogP contribution is -2.38. The van der Waals surface area contributed by atoms with Gasteiger partial charge in [-0.1, -0.05) is 11.6 Å². The molecular formula is C10H7B2ClF3N. The molecule has 1 heterocycles. The van der Waals surface area contributed by atoms with E-state index in [2.05, 4.69) is 5.32 Å². The summed E-state index contributed by atoms with van der Waals surface area (Å²) in [6.45, 7) is 1.69. The topological polar surface area (TPSA) is 12.0 Å². The van der Waals surface area contributed by atoms with E-state index in [1.165, 1.54) is 6.07 Å². The average molecular weight is 255 g/mol. The van der Waals surface area contributed by atoms with Gasteiger partial charge in [-0.15, -0.1) is 0 Å². The fourth-order valence-corrected chi connectivity index (χ4v) is 2.31. The van der Waals surface area contributed by atoms with Crippen molar-refractivity contribution in [3.63, 3.8) is 0 Å². The maximum absolute atomic E-state index is 12.7. The summed E-state index contributed by atoms with van der Waals surface area (Å²) in [6.07, 6.45) is -4.49. The van der Waals surface area contributed by atoms with Crippen molar-refractivity contribution in [2.24, 2.45) is 0 Å². The van der Waals surface area contributed by atoms with Crippen molar-refractivity contribution >= 4 is 27.3 Å². The molecule has 1 atom stereocenters. The molecule has 2 rings (SSSR count). The van der Waals surface area contributed by atoms with Crippen molar-refractivity contribution in [3.05, 3.63) is 33.8 Å². The molecule has 0 fully saturated rings. The van der Waals surface area contributed by atoms with E-state index in [0.29, 0.717) is 11.1 Å². The normalized spacial score (nSPS) is 22.5. The summed E-state index contributed by atoms with van der Waals surface area (Å²) in [5, 5.41) is 1.05. The molecule has 1 aliphatic heterocycles. The molecule has 1 nitrogen and oxygen atoms in total. The number of hydrogen-bond acceptors (Lipinski definition) is 1. The Morgan fingerprint density at radius 3 is 2.47 bits per heavy atom. The van der Waals surface area contributed by atoms with E-state index in [4.69, 9.17) is 27.3 Å². The third-order valence-electron chi connectivity index (χ3n) is 2.81. The van der Waals surface area contributed by atoms with Crippen LogP contribution < -0.4 is 5.32 Å². The molecule has 1 unspecified atom stereocenters. The standard InChI is InChI=1S/C10H7B2ClF3N/c1-4-5-2-7(10(14,15)16)8(13)3-6(5)9(11,12)17-4/h2-4,17H,1H3. The molecule has 0 amide bonds. The van der Waals surface area contributed by atoms with Crippen LogP contribution in [0.25, 0.3) is 0 Å². The van der Waals surface area contributed by atoms with E-state index in [0.717, 1.165) is 6.07 Å². The third kappa shape index (κ3) is 2.08. The highest BCUT2D eigenvalue weighted by molar-refractivity contribution is 6.40. The Hall–Kier alpha value is -0.610. The molecule has 0 bridgehead atoms. The molecule has 86 valence electrons. The summed E-state index contributed by atoms with van der Waals surface area (Å²) >= 11 is 5.61. The van der Waals surface area contributed by atoms with Crippen LogP contribution in [0.1, 0.15) is 29.7 Å². The molecule has 17 heavy (non-hydrogen) atoms. The first-order valence-corrected chi connectivity index (χ1v) is 5.27. The van der Waals surface area contributed by atoms with Crippen molar-refractivity contribution in [1.29, 1.82) is 0 Å². The van der Waals surface area contributed by atoms with Gasteiger partial charge in [-0.05, 0) is 35.5 Å². The van der Waals surface area contributed by atoms with Crippen LogP contribution in [0, 0.1) is 0 Å². The zero-order valence-electron chi connectivity index (χ0n) is 8.90. The average Bonchev–Trinajstić information content (AvgIpc) is 2.34. The Labute approximate surface area is 105 Å². The highest BCUT2D eigenvalue weighted by atomic mass is 35.5. The summed E-state index contributed by atoms with van der Waals surface area (Å²) < 4.78 is 38.0. The van der Waals surface area contributed by atoms with Crippen LogP contribution in [0.2, 0.25) is 5.02 Å². The molecule has 0 aliphatic carbocycles. The van der Waals surface area contributed by atoms with E-state index < -0.39 is 22.1 Å². The van der Waals surface area contributed by atoms with Crippen molar-refractivity contribution in [1.82, 2.24) is 5.32 Å². The van der Waals surface area contributed by atoms with E-state index >= 15 is 0 Å². The Balaban J connectivity index is 2.63. The molecule has 7 heteroatoms. The van der Waals surface area contributed by atoms with Crippen molar-refractivity contribution in [2.75, 3.05) is 0 Å². The number of rotatable bonds is 0. The monoisotopic (exact) mass is 255 g/mol. The van der Waals surface area contributed by atoms with Crippen LogP contribution in [-0.2, 0) is 11.5 Å². The summed E-state index contributed by atoms with van der Waals surface area (Å²) in [7, 11) is 11.5. The molecule has 0 saturated carbocycles. The number of nitrogens with one attached hydrogen (secondary N) is 1. The Bertz CT molecular complexity index is 473. The van der Waals surface area contributed by atoms with Crippen LogP contribution in [0.5, 0.6) is 0 Å². The van der Waals surface area contributed by atoms with Gasteiger partial charge in [-0.25, -0.2) is 0 Å².